The van der Waals surface area contributed by atoms with Crippen LogP contribution < -0.4 is 5.32 Å². The Morgan fingerprint density at radius 1 is 1.80 bits per heavy atom. The summed E-state index contributed by atoms with van der Waals surface area (Å²) in [6, 6.07) is -0.177. The molecule has 6 heteroatoms. The SMILES string of the molecule is CC(NC#N)c1nn[nH]n1. The zero-order valence-corrected chi connectivity index (χ0v) is 5.37. The predicted molar refractivity (Wildman–Crippen MR) is 31.3 cm³/mol. The maximum Gasteiger partial charge on any atom is 0.197 e. The van der Waals surface area contributed by atoms with Crippen molar-refractivity contribution < 1.29 is 0 Å². The van der Waals surface area contributed by atoms with Gasteiger partial charge < -0.3 is 5.32 Å². The molecular weight excluding hydrogens is 132 g/mol. The number of hydrogen-bond acceptors (Lipinski definition) is 5. The van der Waals surface area contributed by atoms with Crippen molar-refractivity contribution in [2.24, 2.45) is 0 Å². The lowest BCUT2D eigenvalue weighted by atomic mass is 10.3. The standard InChI is InChI=1S/C4H6N6/c1-3(6-2-5)4-7-9-10-8-4/h3,6H,1H3,(H,7,8,9,10). The molecule has 0 aliphatic heterocycles. The molecule has 0 fully saturated rings. The topological polar surface area (TPSA) is 90.3 Å². The Bertz CT molecular complexity index is 220. The molecule has 0 aliphatic carbocycles. The molecule has 1 atom stereocenters. The molecule has 0 radical (unpaired) electrons. The van der Waals surface area contributed by atoms with Gasteiger partial charge >= 0.3 is 0 Å². The van der Waals surface area contributed by atoms with Gasteiger partial charge in [0.05, 0.1) is 6.04 Å². The van der Waals surface area contributed by atoms with Crippen molar-refractivity contribution in [2.75, 3.05) is 0 Å². The molecule has 1 unspecified atom stereocenters. The van der Waals surface area contributed by atoms with E-state index in [1.807, 2.05) is 0 Å². The first-order valence-electron chi connectivity index (χ1n) is 2.72. The Morgan fingerprint density at radius 3 is 3.10 bits per heavy atom. The van der Waals surface area contributed by atoms with E-state index in [9.17, 15) is 0 Å². The van der Waals surface area contributed by atoms with E-state index < -0.39 is 0 Å². The number of H-pyrrole nitrogens is 1. The third-order valence-corrected chi connectivity index (χ3v) is 1.03. The first-order chi connectivity index (χ1) is 4.84. The van der Waals surface area contributed by atoms with E-state index in [0.29, 0.717) is 5.82 Å². The molecule has 0 bridgehead atoms. The molecule has 0 spiro atoms. The average molecular weight is 138 g/mol. The quantitative estimate of drug-likeness (QED) is 0.418. The van der Waals surface area contributed by atoms with Gasteiger partial charge in [0.2, 0.25) is 0 Å². The molecule has 1 aromatic rings. The maximum absolute atomic E-state index is 8.19. The molecule has 2 N–H and O–H groups in total. The fourth-order valence-corrected chi connectivity index (χ4v) is 0.514. The summed E-state index contributed by atoms with van der Waals surface area (Å²) in [6.07, 6.45) is 1.78. The van der Waals surface area contributed by atoms with Crippen LogP contribution >= 0.6 is 0 Å². The van der Waals surface area contributed by atoms with Crippen LogP contribution in [0.5, 0.6) is 0 Å². The number of aromatic amines is 1. The van der Waals surface area contributed by atoms with Gasteiger partial charge in [-0.05, 0) is 6.92 Å². The van der Waals surface area contributed by atoms with Crippen molar-refractivity contribution in [2.45, 2.75) is 13.0 Å². The molecule has 1 aromatic heterocycles. The lowest BCUT2D eigenvalue weighted by Crippen LogP contribution is -2.13. The summed E-state index contributed by atoms with van der Waals surface area (Å²) in [4.78, 5) is 0. The van der Waals surface area contributed by atoms with Gasteiger partial charge in [-0.15, -0.1) is 10.2 Å². The first-order valence-corrected chi connectivity index (χ1v) is 2.72. The van der Waals surface area contributed by atoms with E-state index in [1.54, 1.807) is 13.1 Å². The number of nitriles is 1. The number of nitrogens with zero attached hydrogens (tertiary/aromatic N) is 4. The molecule has 52 valence electrons. The molecule has 1 rings (SSSR count). The zero-order chi connectivity index (χ0) is 7.40. The van der Waals surface area contributed by atoms with Crippen LogP contribution in [0.25, 0.3) is 0 Å². The minimum atomic E-state index is -0.177. The van der Waals surface area contributed by atoms with Crippen molar-refractivity contribution in [3.63, 3.8) is 0 Å². The number of aromatic nitrogens is 4. The van der Waals surface area contributed by atoms with Crippen molar-refractivity contribution in [3.8, 4) is 6.19 Å². The highest BCUT2D eigenvalue weighted by atomic mass is 15.5. The molecule has 0 saturated heterocycles. The summed E-state index contributed by atoms with van der Waals surface area (Å²) < 4.78 is 0. The van der Waals surface area contributed by atoms with Crippen molar-refractivity contribution in [3.05, 3.63) is 5.82 Å². The molecule has 6 nitrogen and oxygen atoms in total. The highest BCUT2D eigenvalue weighted by Gasteiger charge is 2.06. The molecule has 10 heavy (non-hydrogen) atoms. The fourth-order valence-electron chi connectivity index (χ4n) is 0.514. The van der Waals surface area contributed by atoms with Crippen LogP contribution in [-0.2, 0) is 0 Å². The Labute approximate surface area is 57.2 Å². The lowest BCUT2D eigenvalue weighted by molar-refractivity contribution is 0.649. The monoisotopic (exact) mass is 138 g/mol. The van der Waals surface area contributed by atoms with Gasteiger partial charge in [-0.1, -0.05) is 5.21 Å². The Balaban J connectivity index is 2.61. The van der Waals surface area contributed by atoms with E-state index in [1.165, 1.54) is 0 Å². The maximum atomic E-state index is 8.19. The van der Waals surface area contributed by atoms with Gasteiger partial charge in [0.25, 0.3) is 0 Å². The second-order valence-electron chi connectivity index (χ2n) is 1.75. The van der Waals surface area contributed by atoms with E-state index in [2.05, 4.69) is 25.9 Å². The Kier molecular flexibility index (Phi) is 1.80. The van der Waals surface area contributed by atoms with E-state index in [0.717, 1.165) is 0 Å². The molecular formula is C4H6N6. The van der Waals surface area contributed by atoms with E-state index >= 15 is 0 Å². The molecule has 0 amide bonds. The second-order valence-corrected chi connectivity index (χ2v) is 1.75. The zero-order valence-electron chi connectivity index (χ0n) is 5.37. The van der Waals surface area contributed by atoms with Crippen molar-refractivity contribution in [1.29, 1.82) is 5.26 Å². The Hall–Kier alpha value is -1.64. The van der Waals surface area contributed by atoms with Crippen LogP contribution in [-0.4, -0.2) is 20.6 Å². The second kappa shape index (κ2) is 2.77. The predicted octanol–water partition coefficient (Wildman–Crippen LogP) is -0.669. The number of rotatable bonds is 2. The van der Waals surface area contributed by atoms with Crippen LogP contribution in [0.3, 0.4) is 0 Å². The summed E-state index contributed by atoms with van der Waals surface area (Å²) in [5.41, 5.74) is 0. The van der Waals surface area contributed by atoms with Crippen LogP contribution in [0.2, 0.25) is 0 Å². The smallest absolute Gasteiger partial charge is 0.197 e. The molecule has 0 aliphatic rings. The lowest BCUT2D eigenvalue weighted by Gasteiger charge is -1.99. The molecule has 0 aromatic carbocycles. The third kappa shape index (κ3) is 1.20. The molecule has 0 saturated carbocycles. The highest BCUT2D eigenvalue weighted by molar-refractivity contribution is 4.89. The summed E-state index contributed by atoms with van der Waals surface area (Å²) in [5.74, 6) is 0.488. The van der Waals surface area contributed by atoms with Crippen molar-refractivity contribution in [1.82, 2.24) is 25.9 Å². The van der Waals surface area contributed by atoms with E-state index in [-0.39, 0.29) is 6.04 Å². The summed E-state index contributed by atoms with van der Waals surface area (Å²) in [7, 11) is 0. The van der Waals surface area contributed by atoms with Crippen LogP contribution in [0.15, 0.2) is 0 Å². The fraction of sp³-hybridized carbons (Fsp3) is 0.500. The van der Waals surface area contributed by atoms with Crippen LogP contribution in [0.4, 0.5) is 0 Å². The number of hydrogen-bond donors (Lipinski definition) is 2. The Morgan fingerprint density at radius 2 is 2.60 bits per heavy atom. The average Bonchev–Trinajstić information content (AvgIpc) is 2.38. The van der Waals surface area contributed by atoms with Gasteiger partial charge in [0.15, 0.2) is 12.0 Å². The largest absolute Gasteiger partial charge is 0.313 e. The van der Waals surface area contributed by atoms with Gasteiger partial charge in [0, 0.05) is 0 Å². The minimum absolute atomic E-state index is 0.177. The summed E-state index contributed by atoms with van der Waals surface area (Å²) >= 11 is 0. The van der Waals surface area contributed by atoms with Crippen molar-refractivity contribution >= 4 is 0 Å². The molecule has 1 heterocycles. The van der Waals surface area contributed by atoms with Gasteiger partial charge in [-0.2, -0.15) is 10.5 Å². The van der Waals surface area contributed by atoms with Gasteiger partial charge in [0.1, 0.15) is 0 Å². The van der Waals surface area contributed by atoms with Crippen LogP contribution in [0.1, 0.15) is 18.8 Å². The number of nitrogens with one attached hydrogen (secondary N) is 2. The highest BCUT2D eigenvalue weighted by Crippen LogP contribution is 2.00. The summed E-state index contributed by atoms with van der Waals surface area (Å²) in [5, 5.41) is 23.6. The van der Waals surface area contributed by atoms with E-state index in [4.69, 9.17) is 5.26 Å². The third-order valence-electron chi connectivity index (χ3n) is 1.03. The minimum Gasteiger partial charge on any atom is -0.313 e. The van der Waals surface area contributed by atoms with Crippen LogP contribution in [0, 0.1) is 11.5 Å². The first kappa shape index (κ1) is 6.48. The normalized spacial score (nSPS) is 12.0. The number of tetrazole rings is 1. The summed E-state index contributed by atoms with van der Waals surface area (Å²) in [6.45, 7) is 1.77. The van der Waals surface area contributed by atoms with Gasteiger partial charge in [-0.3, -0.25) is 0 Å². The van der Waals surface area contributed by atoms with Gasteiger partial charge in [-0.25, -0.2) is 0 Å².